The molecule has 1 N–H and O–H groups in total. The quantitative estimate of drug-likeness (QED) is 0.692. The van der Waals surface area contributed by atoms with Crippen molar-refractivity contribution in [1.29, 1.82) is 0 Å². The monoisotopic (exact) mass is 165 g/mol. The highest BCUT2D eigenvalue weighted by molar-refractivity contribution is 5.27. The first kappa shape index (κ1) is 8.84. The fourth-order valence-corrected chi connectivity index (χ4v) is 1.03. The van der Waals surface area contributed by atoms with Crippen molar-refractivity contribution in [2.75, 3.05) is 11.9 Å². The van der Waals surface area contributed by atoms with Crippen molar-refractivity contribution in [3.8, 4) is 0 Å². The molecule has 3 heteroatoms. The molecule has 0 radical (unpaired) electrons. The highest BCUT2D eigenvalue weighted by atomic mass is 15.2. The number of nitrogens with zero attached hydrogens (tertiary/aromatic N) is 2. The number of rotatable bonds is 4. The lowest BCUT2D eigenvalue weighted by Gasteiger charge is -2.11. The Morgan fingerprint density at radius 1 is 1.75 bits per heavy atom. The first-order valence-electron chi connectivity index (χ1n) is 4.13. The van der Waals surface area contributed by atoms with Crippen molar-refractivity contribution >= 4 is 5.95 Å². The predicted molar refractivity (Wildman–Crippen MR) is 51.3 cm³/mol. The summed E-state index contributed by atoms with van der Waals surface area (Å²) in [6.45, 7) is 8.64. The van der Waals surface area contributed by atoms with Gasteiger partial charge in [0, 0.05) is 25.0 Å². The second-order valence-corrected chi connectivity index (χ2v) is 2.92. The van der Waals surface area contributed by atoms with E-state index in [0.717, 1.165) is 12.5 Å². The van der Waals surface area contributed by atoms with Crippen LogP contribution in [-0.2, 0) is 0 Å². The van der Waals surface area contributed by atoms with Crippen LogP contribution in [0, 0.1) is 0 Å². The summed E-state index contributed by atoms with van der Waals surface area (Å²) >= 11 is 0. The molecule has 0 bridgehead atoms. The van der Waals surface area contributed by atoms with Crippen LogP contribution in [0.2, 0.25) is 0 Å². The third kappa shape index (κ3) is 1.87. The Morgan fingerprint density at radius 2 is 2.50 bits per heavy atom. The van der Waals surface area contributed by atoms with Crippen molar-refractivity contribution in [3.63, 3.8) is 0 Å². The predicted octanol–water partition coefficient (Wildman–Crippen LogP) is 2.06. The van der Waals surface area contributed by atoms with Crippen molar-refractivity contribution < 1.29 is 0 Å². The fourth-order valence-electron chi connectivity index (χ4n) is 1.03. The minimum atomic E-state index is 0.444. The number of nitrogens with one attached hydrogen (secondary N) is 1. The average Bonchev–Trinajstić information content (AvgIpc) is 2.48. The average molecular weight is 165 g/mol. The summed E-state index contributed by atoms with van der Waals surface area (Å²) < 4.78 is 2.09. The molecule has 0 unspecified atom stereocenters. The summed E-state index contributed by atoms with van der Waals surface area (Å²) in [4.78, 5) is 4.18. The Balaban J connectivity index is 2.70. The van der Waals surface area contributed by atoms with E-state index in [2.05, 4.69) is 35.3 Å². The van der Waals surface area contributed by atoms with E-state index in [1.807, 2.05) is 12.3 Å². The molecule has 12 heavy (non-hydrogen) atoms. The third-order valence-electron chi connectivity index (χ3n) is 1.63. The van der Waals surface area contributed by atoms with Crippen LogP contribution in [0.15, 0.2) is 25.0 Å². The van der Waals surface area contributed by atoms with Crippen LogP contribution in [0.4, 0.5) is 5.95 Å². The maximum atomic E-state index is 4.18. The standard InChI is InChI=1S/C9H15N3/c1-4-5-10-9-11-6-7-12(9)8(2)3/h4,6-8H,1,5H2,2-3H3,(H,10,11). The fraction of sp³-hybridized carbons (Fsp3) is 0.444. The van der Waals surface area contributed by atoms with Crippen LogP contribution in [0.5, 0.6) is 0 Å². The number of aromatic nitrogens is 2. The Labute approximate surface area is 73.1 Å². The summed E-state index contributed by atoms with van der Waals surface area (Å²) in [5.41, 5.74) is 0. The van der Waals surface area contributed by atoms with E-state index in [4.69, 9.17) is 0 Å². The van der Waals surface area contributed by atoms with Crippen LogP contribution in [0.25, 0.3) is 0 Å². The first-order chi connectivity index (χ1) is 5.75. The normalized spacial score (nSPS) is 10.2. The summed E-state index contributed by atoms with van der Waals surface area (Å²) in [5.74, 6) is 0.907. The Bertz CT molecular complexity index is 250. The Hall–Kier alpha value is -1.25. The number of hydrogen-bond donors (Lipinski definition) is 1. The highest BCUT2D eigenvalue weighted by Crippen LogP contribution is 2.11. The SMILES string of the molecule is C=CCNc1nccn1C(C)C. The Kier molecular flexibility index (Phi) is 2.91. The van der Waals surface area contributed by atoms with Crippen LogP contribution >= 0.6 is 0 Å². The van der Waals surface area contributed by atoms with Crippen molar-refractivity contribution in [1.82, 2.24) is 9.55 Å². The molecule has 0 aliphatic rings. The van der Waals surface area contributed by atoms with Gasteiger partial charge in [-0.05, 0) is 13.8 Å². The molecule has 0 aliphatic carbocycles. The van der Waals surface area contributed by atoms with Crippen LogP contribution in [0.1, 0.15) is 19.9 Å². The lowest BCUT2D eigenvalue weighted by molar-refractivity contribution is 0.606. The molecule has 1 aromatic heterocycles. The molecule has 66 valence electrons. The van der Waals surface area contributed by atoms with Gasteiger partial charge >= 0.3 is 0 Å². The smallest absolute Gasteiger partial charge is 0.203 e. The molecule has 0 saturated carbocycles. The first-order valence-corrected chi connectivity index (χ1v) is 4.13. The lowest BCUT2D eigenvalue weighted by atomic mass is 10.4. The van der Waals surface area contributed by atoms with E-state index in [0.29, 0.717) is 6.04 Å². The van der Waals surface area contributed by atoms with E-state index in [9.17, 15) is 0 Å². The zero-order chi connectivity index (χ0) is 8.97. The molecule has 0 aliphatic heterocycles. The van der Waals surface area contributed by atoms with Gasteiger partial charge in [-0.15, -0.1) is 6.58 Å². The van der Waals surface area contributed by atoms with Gasteiger partial charge in [-0.2, -0.15) is 0 Å². The van der Waals surface area contributed by atoms with E-state index in [-0.39, 0.29) is 0 Å². The Morgan fingerprint density at radius 3 is 3.08 bits per heavy atom. The molecule has 0 aromatic carbocycles. The number of anilines is 1. The number of imidazole rings is 1. The molecule has 3 nitrogen and oxygen atoms in total. The summed E-state index contributed by atoms with van der Waals surface area (Å²) in [6.07, 6.45) is 5.58. The molecular formula is C9H15N3. The van der Waals surface area contributed by atoms with Gasteiger partial charge in [0.15, 0.2) is 0 Å². The molecule has 0 saturated heterocycles. The largest absolute Gasteiger partial charge is 0.352 e. The van der Waals surface area contributed by atoms with Gasteiger partial charge in [0.25, 0.3) is 0 Å². The van der Waals surface area contributed by atoms with Gasteiger partial charge in [-0.3, -0.25) is 0 Å². The van der Waals surface area contributed by atoms with Crippen LogP contribution in [-0.4, -0.2) is 16.1 Å². The van der Waals surface area contributed by atoms with Gasteiger partial charge in [0.2, 0.25) is 5.95 Å². The second kappa shape index (κ2) is 3.95. The minimum absolute atomic E-state index is 0.444. The summed E-state index contributed by atoms with van der Waals surface area (Å²) in [5, 5.41) is 3.16. The molecule has 0 atom stereocenters. The highest BCUT2D eigenvalue weighted by Gasteiger charge is 2.02. The molecule has 1 heterocycles. The summed E-state index contributed by atoms with van der Waals surface area (Å²) in [6, 6.07) is 0.444. The van der Waals surface area contributed by atoms with Crippen molar-refractivity contribution in [2.24, 2.45) is 0 Å². The zero-order valence-electron chi connectivity index (χ0n) is 7.62. The van der Waals surface area contributed by atoms with Gasteiger partial charge in [0.1, 0.15) is 0 Å². The molecule has 0 spiro atoms. The number of hydrogen-bond acceptors (Lipinski definition) is 2. The van der Waals surface area contributed by atoms with Gasteiger partial charge in [-0.25, -0.2) is 4.98 Å². The van der Waals surface area contributed by atoms with Crippen molar-refractivity contribution in [2.45, 2.75) is 19.9 Å². The zero-order valence-corrected chi connectivity index (χ0v) is 7.62. The molecule has 0 fully saturated rings. The maximum Gasteiger partial charge on any atom is 0.203 e. The maximum absolute atomic E-state index is 4.18. The van der Waals surface area contributed by atoms with Crippen LogP contribution in [0.3, 0.4) is 0 Å². The van der Waals surface area contributed by atoms with E-state index in [1.54, 1.807) is 6.20 Å². The third-order valence-corrected chi connectivity index (χ3v) is 1.63. The molecule has 0 amide bonds. The summed E-state index contributed by atoms with van der Waals surface area (Å²) in [7, 11) is 0. The van der Waals surface area contributed by atoms with Gasteiger partial charge in [0.05, 0.1) is 0 Å². The minimum Gasteiger partial charge on any atom is -0.352 e. The van der Waals surface area contributed by atoms with Crippen molar-refractivity contribution in [3.05, 3.63) is 25.0 Å². The second-order valence-electron chi connectivity index (χ2n) is 2.92. The topological polar surface area (TPSA) is 29.9 Å². The van der Waals surface area contributed by atoms with E-state index in [1.165, 1.54) is 0 Å². The van der Waals surface area contributed by atoms with Gasteiger partial charge < -0.3 is 9.88 Å². The van der Waals surface area contributed by atoms with E-state index < -0.39 is 0 Å². The molecule has 1 rings (SSSR count). The van der Waals surface area contributed by atoms with Crippen LogP contribution < -0.4 is 5.32 Å². The lowest BCUT2D eigenvalue weighted by Crippen LogP contribution is -2.08. The molecular weight excluding hydrogens is 150 g/mol. The van der Waals surface area contributed by atoms with E-state index >= 15 is 0 Å². The molecule has 1 aromatic rings. The van der Waals surface area contributed by atoms with Gasteiger partial charge in [-0.1, -0.05) is 6.08 Å².